The number of nitrogens with zero attached hydrogens (tertiary/aromatic N) is 7. The van der Waals surface area contributed by atoms with Crippen LogP contribution in [0.4, 0.5) is 10.6 Å². The van der Waals surface area contributed by atoms with Crippen LogP contribution in [-0.2, 0) is 0 Å². The molecule has 0 aliphatic heterocycles. The van der Waals surface area contributed by atoms with E-state index in [1.54, 1.807) is 0 Å². The van der Waals surface area contributed by atoms with Crippen molar-refractivity contribution < 1.29 is 9.72 Å². The first kappa shape index (κ1) is 9.89. The maximum atomic E-state index is 11.7. The molecule has 0 amide bonds. The molecule has 10 nitrogen and oxygen atoms in total. The van der Waals surface area contributed by atoms with E-state index in [1.165, 1.54) is 19.3 Å². The lowest BCUT2D eigenvalue weighted by molar-refractivity contribution is -0.391. The largest absolute Gasteiger partial charge is 0.464 e. The lowest BCUT2D eigenvalue weighted by Gasteiger charge is -1.95. The van der Waals surface area contributed by atoms with Gasteiger partial charge in [-0.1, -0.05) is 5.21 Å². The first-order valence-electron chi connectivity index (χ1n) is 4.09. The van der Waals surface area contributed by atoms with Gasteiger partial charge in [0.25, 0.3) is 0 Å². The molecule has 0 saturated carbocycles. The summed E-state index contributed by atoms with van der Waals surface area (Å²) >= 11 is 0. The van der Waals surface area contributed by atoms with E-state index in [0.29, 0.717) is 4.68 Å². The van der Waals surface area contributed by atoms with Crippen LogP contribution in [0.3, 0.4) is 0 Å². The molecule has 0 aliphatic carbocycles. The quantitative estimate of drug-likeness (QED) is 0.476. The molecule has 82 valence electrons. The van der Waals surface area contributed by atoms with Gasteiger partial charge >= 0.3 is 11.8 Å². The number of nitro groups is 1. The fraction of sp³-hybridized carbons (Fsp3) is 0.167. The van der Waals surface area contributed by atoms with Crippen molar-refractivity contribution in [3.63, 3.8) is 0 Å². The zero-order valence-electron chi connectivity index (χ0n) is 8.01. The molecule has 2 rings (SSSR count). The van der Waals surface area contributed by atoms with Gasteiger partial charge in [-0.05, 0) is 16.5 Å². The van der Waals surface area contributed by atoms with Crippen molar-refractivity contribution in [2.75, 3.05) is 0 Å². The summed E-state index contributed by atoms with van der Waals surface area (Å²) in [6.45, 7) is 1.39. The van der Waals surface area contributed by atoms with Crippen molar-refractivity contribution in [3.8, 4) is 0 Å². The summed E-state index contributed by atoms with van der Waals surface area (Å²) in [5.74, 6) is -0.486. The molecular weight excluding hydrogens is 218 g/mol. The molecule has 0 aliphatic rings. The van der Waals surface area contributed by atoms with Crippen LogP contribution in [0.15, 0.2) is 12.4 Å². The SMILES string of the molecule is Cc1nnn(C(=O)n2ccnn2)c1[N+](=O)[O-]. The van der Waals surface area contributed by atoms with Crippen molar-refractivity contribution in [2.24, 2.45) is 0 Å². The molecule has 0 atom stereocenters. The Hall–Kier alpha value is -2.65. The molecule has 2 aromatic heterocycles. The second-order valence-electron chi connectivity index (χ2n) is 2.80. The van der Waals surface area contributed by atoms with Gasteiger partial charge in [-0.15, -0.1) is 14.9 Å². The Labute approximate surface area is 87.6 Å². The summed E-state index contributed by atoms with van der Waals surface area (Å²) in [4.78, 5) is 21.6. The second kappa shape index (κ2) is 3.49. The van der Waals surface area contributed by atoms with E-state index in [0.717, 1.165) is 4.68 Å². The van der Waals surface area contributed by atoms with Gasteiger partial charge in [0.05, 0.1) is 12.4 Å². The molecule has 2 aromatic rings. The zero-order chi connectivity index (χ0) is 11.7. The molecule has 2 heterocycles. The van der Waals surface area contributed by atoms with E-state index in [-0.39, 0.29) is 5.69 Å². The van der Waals surface area contributed by atoms with Crippen molar-refractivity contribution in [1.82, 2.24) is 30.0 Å². The van der Waals surface area contributed by atoms with Crippen LogP contribution in [0, 0.1) is 17.0 Å². The fourth-order valence-electron chi connectivity index (χ4n) is 1.10. The van der Waals surface area contributed by atoms with Gasteiger partial charge in [0, 0.05) is 5.21 Å². The van der Waals surface area contributed by atoms with Gasteiger partial charge in [0.1, 0.15) is 0 Å². The van der Waals surface area contributed by atoms with Crippen molar-refractivity contribution in [1.29, 1.82) is 0 Å². The summed E-state index contributed by atoms with van der Waals surface area (Å²) in [5.41, 5.74) is 0.0541. The van der Waals surface area contributed by atoms with Gasteiger partial charge in [-0.3, -0.25) is 0 Å². The molecule has 0 bridgehead atoms. The van der Waals surface area contributed by atoms with Gasteiger partial charge in [0.2, 0.25) is 0 Å². The Morgan fingerprint density at radius 3 is 2.81 bits per heavy atom. The van der Waals surface area contributed by atoms with Crippen molar-refractivity contribution in [3.05, 3.63) is 28.2 Å². The van der Waals surface area contributed by atoms with Gasteiger partial charge < -0.3 is 10.1 Å². The average Bonchev–Trinajstić information content (AvgIpc) is 2.84. The van der Waals surface area contributed by atoms with Crippen LogP contribution in [-0.4, -0.2) is 40.9 Å². The monoisotopic (exact) mass is 223 g/mol. The van der Waals surface area contributed by atoms with E-state index in [1.807, 2.05) is 0 Å². The van der Waals surface area contributed by atoms with E-state index in [9.17, 15) is 14.9 Å². The molecule has 0 fully saturated rings. The van der Waals surface area contributed by atoms with E-state index >= 15 is 0 Å². The third-order valence-corrected chi connectivity index (χ3v) is 1.78. The van der Waals surface area contributed by atoms with Crippen LogP contribution < -0.4 is 0 Å². The Morgan fingerprint density at radius 1 is 1.50 bits per heavy atom. The van der Waals surface area contributed by atoms with E-state index in [4.69, 9.17) is 0 Å². The van der Waals surface area contributed by atoms with Crippen molar-refractivity contribution >= 4 is 11.8 Å². The summed E-state index contributed by atoms with van der Waals surface area (Å²) < 4.78 is 1.38. The highest BCUT2D eigenvalue weighted by molar-refractivity contribution is 5.79. The Kier molecular flexibility index (Phi) is 2.16. The van der Waals surface area contributed by atoms with Crippen molar-refractivity contribution in [2.45, 2.75) is 6.92 Å². The van der Waals surface area contributed by atoms with E-state index < -0.39 is 16.8 Å². The standard InChI is InChI=1S/C6H5N7O3/c1-4-5(13(15)16)12(10-8-4)6(14)11-3-2-7-9-11/h2-3H,1H3. The Balaban J connectivity index is 2.49. The smallest absolute Gasteiger partial charge is 0.358 e. The van der Waals surface area contributed by atoms with Crippen LogP contribution in [0.5, 0.6) is 0 Å². The normalized spacial score (nSPS) is 10.3. The predicted molar refractivity (Wildman–Crippen MR) is 47.6 cm³/mol. The summed E-state index contributed by atoms with van der Waals surface area (Å²) in [6, 6.07) is -0.815. The summed E-state index contributed by atoms with van der Waals surface area (Å²) in [7, 11) is 0. The minimum Gasteiger partial charge on any atom is -0.358 e. The predicted octanol–water partition coefficient (Wildman–Crippen LogP) is -0.397. The third kappa shape index (κ3) is 1.41. The summed E-state index contributed by atoms with van der Waals surface area (Å²) in [6.07, 6.45) is 2.52. The van der Waals surface area contributed by atoms with Crippen LogP contribution in [0.25, 0.3) is 0 Å². The minimum atomic E-state index is -0.815. The number of hydrogen-bond donors (Lipinski definition) is 0. The molecule has 0 saturated heterocycles. The molecule has 10 heteroatoms. The lowest BCUT2D eigenvalue weighted by atomic mass is 10.5. The van der Waals surface area contributed by atoms with Crippen LogP contribution in [0.2, 0.25) is 0 Å². The summed E-state index contributed by atoms with van der Waals surface area (Å²) in [5, 5.41) is 24.3. The number of rotatable bonds is 1. The molecular formula is C6H5N7O3. The molecule has 16 heavy (non-hydrogen) atoms. The topological polar surface area (TPSA) is 122 Å². The highest BCUT2D eigenvalue weighted by Crippen LogP contribution is 2.13. The second-order valence-corrected chi connectivity index (χ2v) is 2.80. The molecule has 0 aromatic carbocycles. The Morgan fingerprint density at radius 2 is 2.25 bits per heavy atom. The molecule has 0 radical (unpaired) electrons. The Bertz CT molecular complexity index is 542. The number of carbonyl (C=O) groups is 1. The number of carbonyl (C=O) groups excluding carboxylic acids is 1. The molecule has 0 unspecified atom stereocenters. The minimum absolute atomic E-state index is 0.0541. The number of hydrogen-bond acceptors (Lipinski definition) is 7. The van der Waals surface area contributed by atoms with E-state index in [2.05, 4.69) is 20.6 Å². The number of aryl methyl sites for hydroxylation is 1. The highest BCUT2D eigenvalue weighted by Gasteiger charge is 2.28. The van der Waals surface area contributed by atoms with Gasteiger partial charge in [-0.25, -0.2) is 4.79 Å². The third-order valence-electron chi connectivity index (χ3n) is 1.78. The fourth-order valence-corrected chi connectivity index (χ4v) is 1.10. The highest BCUT2D eigenvalue weighted by atomic mass is 16.6. The van der Waals surface area contributed by atoms with Gasteiger partial charge in [0.15, 0.2) is 5.69 Å². The average molecular weight is 223 g/mol. The first-order chi connectivity index (χ1) is 7.61. The number of aromatic nitrogens is 6. The van der Waals surface area contributed by atoms with Gasteiger partial charge in [-0.2, -0.15) is 0 Å². The first-order valence-corrected chi connectivity index (χ1v) is 4.09. The molecule has 0 N–H and O–H groups in total. The molecule has 0 spiro atoms. The maximum Gasteiger partial charge on any atom is 0.464 e. The zero-order valence-corrected chi connectivity index (χ0v) is 8.01. The lowest BCUT2D eigenvalue weighted by Crippen LogP contribution is -2.22. The van der Waals surface area contributed by atoms with Crippen LogP contribution in [0.1, 0.15) is 5.69 Å². The van der Waals surface area contributed by atoms with Crippen LogP contribution >= 0.6 is 0 Å². The maximum absolute atomic E-state index is 11.7.